The number of aromatic nitrogens is 3. The van der Waals surface area contributed by atoms with Gasteiger partial charge in [0.25, 0.3) is 15.9 Å². The molecule has 0 radical (unpaired) electrons. The summed E-state index contributed by atoms with van der Waals surface area (Å²) in [6.07, 6.45) is 6.31. The quantitative estimate of drug-likeness (QED) is 0.441. The van der Waals surface area contributed by atoms with Gasteiger partial charge in [0, 0.05) is 30.9 Å². The third-order valence-electron chi connectivity index (χ3n) is 6.80. The van der Waals surface area contributed by atoms with Gasteiger partial charge in [-0.2, -0.15) is 8.42 Å². The second-order valence-corrected chi connectivity index (χ2v) is 11.8. The van der Waals surface area contributed by atoms with Crippen molar-refractivity contribution in [2.24, 2.45) is 11.8 Å². The van der Waals surface area contributed by atoms with Gasteiger partial charge in [-0.25, -0.2) is 19.7 Å². The maximum absolute atomic E-state index is 13.4. The molecule has 1 amide bonds. The fourth-order valence-corrected chi connectivity index (χ4v) is 5.78. The zero-order chi connectivity index (χ0) is 26.9. The molecule has 1 aliphatic heterocycles. The predicted molar refractivity (Wildman–Crippen MR) is 144 cm³/mol. The Balaban J connectivity index is 1.47. The Labute approximate surface area is 222 Å². The average Bonchev–Trinajstić information content (AvgIpc) is 3.74. The van der Waals surface area contributed by atoms with Crippen molar-refractivity contribution in [2.45, 2.75) is 50.7 Å². The van der Waals surface area contributed by atoms with E-state index in [2.05, 4.69) is 19.6 Å². The number of ether oxygens (including phenoxy) is 1. The molecule has 3 aromatic heterocycles. The number of carbonyl (C=O) groups is 1. The Bertz CT molecular complexity index is 1420. The Kier molecular flexibility index (Phi) is 7.20. The zero-order valence-corrected chi connectivity index (χ0v) is 22.3. The number of nitrogens with zero attached hydrogens (tertiary/aromatic N) is 4. The number of hydrogen-bond donors (Lipinski definition) is 2. The molecule has 4 heterocycles. The molecule has 0 bridgehead atoms. The van der Waals surface area contributed by atoms with Gasteiger partial charge in [-0.05, 0) is 81.7 Å². The first-order valence-corrected chi connectivity index (χ1v) is 14.4. The van der Waals surface area contributed by atoms with Crippen LogP contribution in [0.4, 0.5) is 11.6 Å². The minimum Gasteiger partial charge on any atom is -0.475 e. The molecular weight excluding hydrogens is 504 g/mol. The number of anilines is 2. The van der Waals surface area contributed by atoms with Crippen LogP contribution >= 0.6 is 0 Å². The summed E-state index contributed by atoms with van der Waals surface area (Å²) >= 11 is 0. The van der Waals surface area contributed by atoms with Crippen molar-refractivity contribution in [1.29, 1.82) is 0 Å². The first-order chi connectivity index (χ1) is 18.2. The highest BCUT2D eigenvalue weighted by atomic mass is 32.2. The van der Waals surface area contributed by atoms with Crippen LogP contribution in [0.2, 0.25) is 0 Å². The van der Waals surface area contributed by atoms with Gasteiger partial charge >= 0.3 is 0 Å². The van der Waals surface area contributed by atoms with Gasteiger partial charge < -0.3 is 15.4 Å². The van der Waals surface area contributed by atoms with Crippen molar-refractivity contribution < 1.29 is 17.9 Å². The average molecular weight is 537 g/mol. The summed E-state index contributed by atoms with van der Waals surface area (Å²) in [5.74, 6) is 1.51. The Hall–Kier alpha value is -3.73. The number of rotatable bonds is 8. The fourth-order valence-electron chi connectivity index (χ4n) is 4.83. The van der Waals surface area contributed by atoms with Crippen LogP contribution in [0.5, 0.6) is 5.88 Å². The van der Waals surface area contributed by atoms with Crippen molar-refractivity contribution in [3.63, 3.8) is 0 Å². The lowest BCUT2D eigenvalue weighted by molar-refractivity contribution is 0.0981. The van der Waals surface area contributed by atoms with Crippen molar-refractivity contribution in [3.8, 4) is 17.1 Å². The van der Waals surface area contributed by atoms with E-state index in [1.807, 2.05) is 19.9 Å². The van der Waals surface area contributed by atoms with Gasteiger partial charge in [0.05, 0.1) is 17.4 Å². The normalized spacial score (nSPS) is 17.9. The molecule has 1 saturated carbocycles. The highest BCUT2D eigenvalue weighted by Gasteiger charge is 2.35. The SMILES string of the molecule is CC(C)Oc1ccc(-c2ccc(C(=O)NS(=O)(=O)c3cccc(N)n3)c(N3CCCC(C4CC4)C3)n2)cn1. The molecule has 10 nitrogen and oxygen atoms in total. The Morgan fingerprint density at radius 2 is 1.89 bits per heavy atom. The minimum absolute atomic E-state index is 0.00759. The second kappa shape index (κ2) is 10.6. The molecule has 3 N–H and O–H groups in total. The smallest absolute Gasteiger partial charge is 0.281 e. The van der Waals surface area contributed by atoms with Crippen LogP contribution in [0, 0.1) is 11.8 Å². The minimum atomic E-state index is -4.23. The standard InChI is InChI=1S/C27H32N6O4S/c1-17(2)37-24-13-10-19(15-29-24)22-12-11-21(26(30-22)33-14-4-5-20(16-33)18-8-9-18)27(34)32-38(35,36)25-7-3-6-23(28)31-25/h3,6-7,10-13,15,17-18,20H,4-5,8-9,14,16H2,1-2H3,(H2,28,31)(H,32,34). The van der Waals surface area contributed by atoms with Crippen LogP contribution in [-0.2, 0) is 10.0 Å². The lowest BCUT2D eigenvalue weighted by Gasteiger charge is -2.34. The maximum Gasteiger partial charge on any atom is 0.281 e. The first-order valence-electron chi connectivity index (χ1n) is 12.9. The molecule has 1 atom stereocenters. The van der Waals surface area contributed by atoms with Crippen LogP contribution in [0.15, 0.2) is 53.7 Å². The number of carbonyl (C=O) groups excluding carboxylic acids is 1. The molecule has 0 aromatic carbocycles. The van der Waals surface area contributed by atoms with E-state index in [0.29, 0.717) is 29.2 Å². The molecule has 5 rings (SSSR count). The van der Waals surface area contributed by atoms with Crippen LogP contribution in [-0.4, -0.2) is 48.5 Å². The van der Waals surface area contributed by atoms with E-state index < -0.39 is 15.9 Å². The molecular formula is C27H32N6O4S. The summed E-state index contributed by atoms with van der Waals surface area (Å²) in [4.78, 5) is 28.6. The number of nitrogen functional groups attached to an aromatic ring is 1. The predicted octanol–water partition coefficient (Wildman–Crippen LogP) is 3.65. The molecule has 0 spiro atoms. The molecule has 1 aliphatic carbocycles. The van der Waals surface area contributed by atoms with Gasteiger partial charge in [0.2, 0.25) is 5.88 Å². The first kappa shape index (κ1) is 25.9. The summed E-state index contributed by atoms with van der Waals surface area (Å²) in [6.45, 7) is 5.39. The number of pyridine rings is 3. The molecule has 11 heteroatoms. The van der Waals surface area contributed by atoms with Gasteiger partial charge in [0.15, 0.2) is 5.03 Å². The Morgan fingerprint density at radius 3 is 2.58 bits per heavy atom. The zero-order valence-electron chi connectivity index (χ0n) is 21.5. The number of sulfonamides is 1. The van der Waals surface area contributed by atoms with Crippen molar-refractivity contribution >= 4 is 27.6 Å². The number of hydrogen-bond acceptors (Lipinski definition) is 9. The van der Waals surface area contributed by atoms with E-state index in [9.17, 15) is 13.2 Å². The summed E-state index contributed by atoms with van der Waals surface area (Å²) in [6, 6.07) is 11.2. The molecule has 2 fully saturated rings. The lowest BCUT2D eigenvalue weighted by atomic mass is 9.93. The van der Waals surface area contributed by atoms with Gasteiger partial charge in [-0.1, -0.05) is 6.07 Å². The van der Waals surface area contributed by atoms with Gasteiger partial charge in [-0.15, -0.1) is 0 Å². The molecule has 1 saturated heterocycles. The summed E-state index contributed by atoms with van der Waals surface area (Å²) in [7, 11) is -4.23. The van der Waals surface area contributed by atoms with Crippen LogP contribution < -0.4 is 20.1 Å². The number of amides is 1. The van der Waals surface area contributed by atoms with E-state index in [1.165, 1.54) is 31.0 Å². The number of nitrogens with one attached hydrogen (secondary N) is 1. The van der Waals surface area contributed by atoms with Crippen LogP contribution in [0.3, 0.4) is 0 Å². The van der Waals surface area contributed by atoms with E-state index in [-0.39, 0.29) is 22.5 Å². The highest BCUT2D eigenvalue weighted by molar-refractivity contribution is 7.90. The number of piperidine rings is 1. The van der Waals surface area contributed by atoms with E-state index >= 15 is 0 Å². The van der Waals surface area contributed by atoms with E-state index in [0.717, 1.165) is 31.5 Å². The summed E-state index contributed by atoms with van der Waals surface area (Å²) < 4.78 is 33.6. The lowest BCUT2D eigenvalue weighted by Crippen LogP contribution is -2.39. The molecule has 38 heavy (non-hydrogen) atoms. The van der Waals surface area contributed by atoms with E-state index in [4.69, 9.17) is 15.5 Å². The third kappa shape index (κ3) is 5.88. The molecule has 3 aromatic rings. The largest absolute Gasteiger partial charge is 0.475 e. The maximum atomic E-state index is 13.4. The number of nitrogens with two attached hydrogens (primary N) is 1. The highest BCUT2D eigenvalue weighted by Crippen LogP contribution is 2.42. The van der Waals surface area contributed by atoms with Gasteiger partial charge in [-0.3, -0.25) is 4.79 Å². The molecule has 2 aliphatic rings. The van der Waals surface area contributed by atoms with Crippen molar-refractivity contribution in [1.82, 2.24) is 19.7 Å². The third-order valence-corrected chi connectivity index (χ3v) is 8.03. The summed E-state index contributed by atoms with van der Waals surface area (Å²) in [5, 5.41) is -0.321. The molecule has 1 unspecified atom stereocenters. The van der Waals surface area contributed by atoms with Crippen molar-refractivity contribution in [2.75, 3.05) is 23.7 Å². The van der Waals surface area contributed by atoms with Crippen LogP contribution in [0.25, 0.3) is 11.3 Å². The van der Waals surface area contributed by atoms with Gasteiger partial charge in [0.1, 0.15) is 11.6 Å². The van der Waals surface area contributed by atoms with E-state index in [1.54, 1.807) is 24.4 Å². The monoisotopic (exact) mass is 536 g/mol. The summed E-state index contributed by atoms with van der Waals surface area (Å²) in [5.41, 5.74) is 7.23. The molecule has 200 valence electrons. The fraction of sp³-hybridized carbons (Fsp3) is 0.407. The van der Waals surface area contributed by atoms with Crippen LogP contribution in [0.1, 0.15) is 49.9 Å². The topological polar surface area (TPSA) is 140 Å². The Morgan fingerprint density at radius 1 is 1.08 bits per heavy atom. The van der Waals surface area contributed by atoms with Crippen molar-refractivity contribution in [3.05, 3.63) is 54.2 Å². The second-order valence-electron chi connectivity index (χ2n) is 10.1.